The summed E-state index contributed by atoms with van der Waals surface area (Å²) < 4.78 is 10.7. The summed E-state index contributed by atoms with van der Waals surface area (Å²) in [5, 5.41) is 4.16. The van der Waals surface area contributed by atoms with Crippen LogP contribution in [0.4, 0.5) is 0 Å². The SMILES string of the molecule is COc1ccc(Cc2noc(C3CCCN(C(C)C)C3)n2)cc1. The molecule has 124 valence electrons. The van der Waals surface area contributed by atoms with Crippen molar-refractivity contribution in [2.75, 3.05) is 20.2 Å². The summed E-state index contributed by atoms with van der Waals surface area (Å²) in [7, 11) is 1.67. The zero-order chi connectivity index (χ0) is 16.2. The Hall–Kier alpha value is -1.88. The van der Waals surface area contributed by atoms with E-state index in [1.807, 2.05) is 24.3 Å². The fourth-order valence-corrected chi connectivity index (χ4v) is 3.11. The van der Waals surface area contributed by atoms with Gasteiger partial charge in [0, 0.05) is 19.0 Å². The Morgan fingerprint density at radius 3 is 2.78 bits per heavy atom. The van der Waals surface area contributed by atoms with E-state index in [9.17, 15) is 0 Å². The second-order valence-electron chi connectivity index (χ2n) is 6.50. The third-order valence-electron chi connectivity index (χ3n) is 4.54. The Labute approximate surface area is 137 Å². The first-order valence-electron chi connectivity index (χ1n) is 8.35. The standard InChI is InChI=1S/C18H25N3O2/c1-13(2)21-10-4-5-15(12-21)18-19-17(20-23-18)11-14-6-8-16(22-3)9-7-14/h6-9,13,15H,4-5,10-12H2,1-3H3. The molecule has 1 aromatic heterocycles. The van der Waals surface area contributed by atoms with Crippen LogP contribution in [0.15, 0.2) is 28.8 Å². The first-order chi connectivity index (χ1) is 11.2. The molecule has 3 rings (SSSR count). The topological polar surface area (TPSA) is 51.4 Å². The first-order valence-corrected chi connectivity index (χ1v) is 8.35. The van der Waals surface area contributed by atoms with E-state index in [-0.39, 0.29) is 0 Å². The summed E-state index contributed by atoms with van der Waals surface area (Å²) in [5.74, 6) is 2.77. The van der Waals surface area contributed by atoms with Crippen LogP contribution in [-0.4, -0.2) is 41.3 Å². The van der Waals surface area contributed by atoms with E-state index in [1.54, 1.807) is 7.11 Å². The van der Waals surface area contributed by atoms with Gasteiger partial charge in [-0.05, 0) is 50.9 Å². The molecule has 1 unspecified atom stereocenters. The fourth-order valence-electron chi connectivity index (χ4n) is 3.11. The molecule has 0 amide bonds. The third-order valence-corrected chi connectivity index (χ3v) is 4.54. The maximum absolute atomic E-state index is 5.54. The Bertz CT molecular complexity index is 621. The van der Waals surface area contributed by atoms with E-state index in [2.05, 4.69) is 28.9 Å². The minimum atomic E-state index is 0.364. The summed E-state index contributed by atoms with van der Waals surface area (Å²) in [5.41, 5.74) is 1.16. The number of hydrogen-bond donors (Lipinski definition) is 0. The zero-order valence-electron chi connectivity index (χ0n) is 14.2. The molecule has 1 aromatic carbocycles. The maximum Gasteiger partial charge on any atom is 0.231 e. The monoisotopic (exact) mass is 315 g/mol. The molecule has 23 heavy (non-hydrogen) atoms. The van der Waals surface area contributed by atoms with Crippen LogP contribution in [0.5, 0.6) is 5.75 Å². The van der Waals surface area contributed by atoms with Gasteiger partial charge in [-0.25, -0.2) is 0 Å². The molecule has 0 aliphatic carbocycles. The van der Waals surface area contributed by atoms with Gasteiger partial charge < -0.3 is 14.2 Å². The van der Waals surface area contributed by atoms with Gasteiger partial charge in [-0.15, -0.1) is 0 Å². The minimum absolute atomic E-state index is 0.364. The molecule has 0 spiro atoms. The molecule has 1 saturated heterocycles. The van der Waals surface area contributed by atoms with E-state index in [4.69, 9.17) is 9.26 Å². The van der Waals surface area contributed by atoms with Crippen molar-refractivity contribution in [2.45, 2.75) is 45.1 Å². The third kappa shape index (κ3) is 3.91. The molecule has 1 atom stereocenters. The van der Waals surface area contributed by atoms with Gasteiger partial charge in [0.2, 0.25) is 5.89 Å². The van der Waals surface area contributed by atoms with Gasteiger partial charge in [0.05, 0.1) is 13.0 Å². The van der Waals surface area contributed by atoms with Crippen molar-refractivity contribution < 1.29 is 9.26 Å². The minimum Gasteiger partial charge on any atom is -0.497 e. The van der Waals surface area contributed by atoms with Crippen LogP contribution in [0.2, 0.25) is 0 Å². The largest absolute Gasteiger partial charge is 0.497 e. The van der Waals surface area contributed by atoms with E-state index in [0.29, 0.717) is 18.4 Å². The maximum atomic E-state index is 5.54. The van der Waals surface area contributed by atoms with Gasteiger partial charge in [-0.3, -0.25) is 0 Å². The molecule has 1 fully saturated rings. The van der Waals surface area contributed by atoms with Crippen molar-refractivity contribution in [3.8, 4) is 5.75 Å². The van der Waals surface area contributed by atoms with Gasteiger partial charge in [0.1, 0.15) is 5.75 Å². The van der Waals surface area contributed by atoms with Gasteiger partial charge in [-0.2, -0.15) is 4.98 Å². The molecule has 0 bridgehead atoms. The van der Waals surface area contributed by atoms with Crippen molar-refractivity contribution in [2.24, 2.45) is 0 Å². The molecule has 0 radical (unpaired) electrons. The lowest BCUT2D eigenvalue weighted by atomic mass is 9.97. The zero-order valence-corrected chi connectivity index (χ0v) is 14.2. The number of hydrogen-bond acceptors (Lipinski definition) is 5. The molecule has 1 aliphatic rings. The van der Waals surface area contributed by atoms with Crippen molar-refractivity contribution >= 4 is 0 Å². The van der Waals surface area contributed by atoms with Crippen LogP contribution in [0.25, 0.3) is 0 Å². The van der Waals surface area contributed by atoms with E-state index >= 15 is 0 Å². The molecular weight excluding hydrogens is 290 g/mol. The van der Waals surface area contributed by atoms with Crippen molar-refractivity contribution in [1.29, 1.82) is 0 Å². The Morgan fingerprint density at radius 2 is 2.09 bits per heavy atom. The molecule has 0 saturated carbocycles. The highest BCUT2D eigenvalue weighted by atomic mass is 16.5. The van der Waals surface area contributed by atoms with Crippen LogP contribution in [-0.2, 0) is 6.42 Å². The van der Waals surface area contributed by atoms with Crippen molar-refractivity contribution in [1.82, 2.24) is 15.0 Å². The van der Waals surface area contributed by atoms with Gasteiger partial charge in [-0.1, -0.05) is 17.3 Å². The number of methoxy groups -OCH3 is 1. The molecule has 5 nitrogen and oxygen atoms in total. The summed E-state index contributed by atoms with van der Waals surface area (Å²) in [4.78, 5) is 7.12. The van der Waals surface area contributed by atoms with Crippen LogP contribution in [0, 0.1) is 0 Å². The number of ether oxygens (including phenoxy) is 1. The van der Waals surface area contributed by atoms with Crippen LogP contribution in [0.1, 0.15) is 49.9 Å². The molecule has 1 aliphatic heterocycles. The number of piperidine rings is 1. The summed E-state index contributed by atoms with van der Waals surface area (Å²) in [6.45, 7) is 6.67. The second kappa shape index (κ2) is 7.13. The summed E-state index contributed by atoms with van der Waals surface area (Å²) in [6.07, 6.45) is 3.01. The smallest absolute Gasteiger partial charge is 0.231 e. The van der Waals surface area contributed by atoms with Crippen LogP contribution < -0.4 is 4.74 Å². The lowest BCUT2D eigenvalue weighted by Gasteiger charge is -2.33. The summed E-state index contributed by atoms with van der Waals surface area (Å²) >= 11 is 0. The van der Waals surface area contributed by atoms with Gasteiger partial charge >= 0.3 is 0 Å². The van der Waals surface area contributed by atoms with E-state index < -0.39 is 0 Å². The lowest BCUT2D eigenvalue weighted by molar-refractivity contribution is 0.153. The van der Waals surface area contributed by atoms with Gasteiger partial charge in [0.25, 0.3) is 0 Å². The highest BCUT2D eigenvalue weighted by Crippen LogP contribution is 2.27. The van der Waals surface area contributed by atoms with E-state index in [1.165, 1.54) is 13.0 Å². The summed E-state index contributed by atoms with van der Waals surface area (Å²) in [6, 6.07) is 8.56. The normalized spacial score (nSPS) is 19.2. The average Bonchev–Trinajstić information content (AvgIpc) is 3.04. The molecule has 5 heteroatoms. The predicted molar refractivity (Wildman–Crippen MR) is 88.8 cm³/mol. The van der Waals surface area contributed by atoms with Crippen LogP contribution >= 0.6 is 0 Å². The Morgan fingerprint density at radius 1 is 1.30 bits per heavy atom. The molecule has 2 heterocycles. The number of aromatic nitrogens is 2. The lowest BCUT2D eigenvalue weighted by Crippen LogP contribution is -2.39. The highest BCUT2D eigenvalue weighted by molar-refractivity contribution is 5.28. The average molecular weight is 315 g/mol. The quantitative estimate of drug-likeness (QED) is 0.847. The molecule has 2 aromatic rings. The number of nitrogens with zero attached hydrogens (tertiary/aromatic N) is 3. The van der Waals surface area contributed by atoms with Crippen molar-refractivity contribution in [3.63, 3.8) is 0 Å². The Kier molecular flexibility index (Phi) is 4.96. The molecule has 0 N–H and O–H groups in total. The van der Waals surface area contributed by atoms with Gasteiger partial charge in [0.15, 0.2) is 5.82 Å². The van der Waals surface area contributed by atoms with Crippen molar-refractivity contribution in [3.05, 3.63) is 41.5 Å². The van der Waals surface area contributed by atoms with Crippen LogP contribution in [0.3, 0.4) is 0 Å². The second-order valence-corrected chi connectivity index (χ2v) is 6.50. The highest BCUT2D eigenvalue weighted by Gasteiger charge is 2.27. The number of benzene rings is 1. The fraction of sp³-hybridized carbons (Fsp3) is 0.556. The van der Waals surface area contributed by atoms with E-state index in [0.717, 1.165) is 36.0 Å². The number of likely N-dealkylation sites (tertiary alicyclic amines) is 1. The molecular formula is C18H25N3O2. The number of rotatable bonds is 5. The first kappa shape index (κ1) is 16.0. The Balaban J connectivity index is 1.65. The predicted octanol–water partition coefficient (Wildman–Crippen LogP) is 3.26.